The number of benzene rings is 1. The number of aromatic nitrogens is 1. The summed E-state index contributed by atoms with van der Waals surface area (Å²) in [5, 5.41) is 1.18. The molecule has 0 fully saturated rings. The Balaban J connectivity index is 2.59. The summed E-state index contributed by atoms with van der Waals surface area (Å²) in [4.78, 5) is 3.92. The van der Waals surface area contributed by atoms with Gasteiger partial charge in [-0.2, -0.15) is 0 Å². The Bertz CT molecular complexity index is 477. The van der Waals surface area contributed by atoms with Gasteiger partial charge in [-0.1, -0.05) is 23.2 Å². The van der Waals surface area contributed by atoms with Gasteiger partial charge < -0.3 is 5.73 Å². The molecule has 4 heteroatoms. The topological polar surface area (TPSA) is 38.9 Å². The third-order valence-corrected chi connectivity index (χ3v) is 2.46. The number of rotatable bonds is 1. The first kappa shape index (κ1) is 10.3. The monoisotopic (exact) mass is 238 g/mol. The second kappa shape index (κ2) is 4.09. The van der Waals surface area contributed by atoms with E-state index in [1.807, 2.05) is 18.2 Å². The maximum absolute atomic E-state index is 5.91. The van der Waals surface area contributed by atoms with Gasteiger partial charge in [-0.05, 0) is 29.8 Å². The predicted octanol–water partition coefficient (Wildman–Crippen LogP) is 3.64. The first-order chi connectivity index (χ1) is 7.16. The predicted molar refractivity (Wildman–Crippen MR) is 64.1 cm³/mol. The summed E-state index contributed by atoms with van der Waals surface area (Å²) >= 11 is 11.8. The maximum atomic E-state index is 5.91. The highest BCUT2D eigenvalue weighted by atomic mass is 35.5. The van der Waals surface area contributed by atoms with Crippen LogP contribution >= 0.6 is 23.2 Å². The van der Waals surface area contributed by atoms with Crippen LogP contribution in [0.4, 0.5) is 5.69 Å². The van der Waals surface area contributed by atoms with Crippen molar-refractivity contribution in [3.05, 3.63) is 46.7 Å². The molecule has 0 aliphatic rings. The van der Waals surface area contributed by atoms with E-state index in [4.69, 9.17) is 28.9 Å². The van der Waals surface area contributed by atoms with Crippen LogP contribution in [0.25, 0.3) is 11.1 Å². The highest BCUT2D eigenvalue weighted by Gasteiger charge is 2.04. The van der Waals surface area contributed by atoms with E-state index in [0.29, 0.717) is 15.7 Å². The van der Waals surface area contributed by atoms with E-state index in [0.717, 1.165) is 11.1 Å². The molecule has 2 aromatic rings. The van der Waals surface area contributed by atoms with Crippen molar-refractivity contribution < 1.29 is 0 Å². The molecule has 0 unspecified atom stereocenters. The molecule has 0 saturated heterocycles. The van der Waals surface area contributed by atoms with Crippen molar-refractivity contribution in [2.75, 3.05) is 5.73 Å². The molecule has 0 bridgehead atoms. The number of anilines is 1. The van der Waals surface area contributed by atoms with Crippen LogP contribution < -0.4 is 5.73 Å². The summed E-state index contributed by atoms with van der Waals surface area (Å²) in [5.74, 6) is 0. The lowest BCUT2D eigenvalue weighted by molar-refractivity contribution is 1.33. The molecule has 15 heavy (non-hydrogen) atoms. The molecular weight excluding hydrogens is 231 g/mol. The van der Waals surface area contributed by atoms with E-state index >= 15 is 0 Å². The minimum atomic E-state index is 0.591. The van der Waals surface area contributed by atoms with Crippen molar-refractivity contribution in [2.45, 2.75) is 0 Å². The smallest absolute Gasteiger partial charge is 0.0580 e. The maximum Gasteiger partial charge on any atom is 0.0580 e. The number of nitrogens with two attached hydrogens (primary N) is 1. The van der Waals surface area contributed by atoms with E-state index in [1.54, 1.807) is 18.5 Å². The Morgan fingerprint density at radius 1 is 1.07 bits per heavy atom. The summed E-state index contributed by atoms with van der Waals surface area (Å²) in [6.07, 6.45) is 3.28. The number of halogens is 2. The van der Waals surface area contributed by atoms with Crippen molar-refractivity contribution in [1.29, 1.82) is 0 Å². The highest BCUT2D eigenvalue weighted by molar-refractivity contribution is 6.35. The lowest BCUT2D eigenvalue weighted by Crippen LogP contribution is -1.90. The molecule has 0 aliphatic heterocycles. The third kappa shape index (κ3) is 2.22. The summed E-state index contributed by atoms with van der Waals surface area (Å²) in [6.45, 7) is 0. The average Bonchev–Trinajstić information content (AvgIpc) is 2.16. The number of nitrogen functional groups attached to an aromatic ring is 1. The summed E-state index contributed by atoms with van der Waals surface area (Å²) in [5.41, 5.74) is 8.19. The SMILES string of the molecule is Nc1cnccc1-c1cc(Cl)cc(Cl)c1. The molecule has 0 radical (unpaired) electrons. The molecular formula is C11H8Cl2N2. The van der Waals surface area contributed by atoms with E-state index in [-0.39, 0.29) is 0 Å². The van der Waals surface area contributed by atoms with Gasteiger partial charge in [0, 0.05) is 21.8 Å². The largest absolute Gasteiger partial charge is 0.397 e. The molecule has 76 valence electrons. The molecule has 0 amide bonds. The van der Waals surface area contributed by atoms with Gasteiger partial charge in [-0.3, -0.25) is 4.98 Å². The minimum Gasteiger partial charge on any atom is -0.397 e. The van der Waals surface area contributed by atoms with Gasteiger partial charge >= 0.3 is 0 Å². The first-order valence-corrected chi connectivity index (χ1v) is 5.08. The highest BCUT2D eigenvalue weighted by Crippen LogP contribution is 2.29. The molecule has 0 aliphatic carbocycles. The van der Waals surface area contributed by atoms with Crippen molar-refractivity contribution in [3.63, 3.8) is 0 Å². The van der Waals surface area contributed by atoms with Gasteiger partial charge in [-0.25, -0.2) is 0 Å². The Hall–Kier alpha value is -1.25. The molecule has 2 nitrogen and oxygen atoms in total. The van der Waals surface area contributed by atoms with Gasteiger partial charge in [0.15, 0.2) is 0 Å². The normalized spacial score (nSPS) is 10.3. The molecule has 1 heterocycles. The third-order valence-electron chi connectivity index (χ3n) is 2.03. The lowest BCUT2D eigenvalue weighted by atomic mass is 10.1. The van der Waals surface area contributed by atoms with Gasteiger partial charge in [0.1, 0.15) is 0 Å². The summed E-state index contributed by atoms with van der Waals surface area (Å²) in [7, 11) is 0. The standard InChI is InChI=1S/C11H8Cl2N2/c12-8-3-7(4-9(13)5-8)10-1-2-15-6-11(10)14/h1-6H,14H2. The molecule has 2 N–H and O–H groups in total. The molecule has 0 saturated carbocycles. The summed E-state index contributed by atoms with van der Waals surface area (Å²) in [6, 6.07) is 7.15. The lowest BCUT2D eigenvalue weighted by Gasteiger charge is -2.05. The van der Waals surface area contributed by atoms with Crippen molar-refractivity contribution >= 4 is 28.9 Å². The zero-order valence-electron chi connectivity index (χ0n) is 7.74. The van der Waals surface area contributed by atoms with Crippen LogP contribution in [0.15, 0.2) is 36.7 Å². The summed E-state index contributed by atoms with van der Waals surface area (Å²) < 4.78 is 0. The van der Waals surface area contributed by atoms with E-state index in [1.165, 1.54) is 0 Å². The Morgan fingerprint density at radius 3 is 2.33 bits per heavy atom. The van der Waals surface area contributed by atoms with Crippen LogP contribution in [-0.2, 0) is 0 Å². The quantitative estimate of drug-likeness (QED) is 0.825. The van der Waals surface area contributed by atoms with Crippen molar-refractivity contribution in [1.82, 2.24) is 4.98 Å². The van der Waals surface area contributed by atoms with Gasteiger partial charge in [0.25, 0.3) is 0 Å². The molecule has 0 spiro atoms. The number of pyridine rings is 1. The second-order valence-corrected chi connectivity index (χ2v) is 3.99. The van der Waals surface area contributed by atoms with Gasteiger partial charge in [0.05, 0.1) is 11.9 Å². The van der Waals surface area contributed by atoms with E-state index in [9.17, 15) is 0 Å². The molecule has 0 atom stereocenters. The zero-order chi connectivity index (χ0) is 10.8. The Morgan fingerprint density at radius 2 is 1.73 bits per heavy atom. The van der Waals surface area contributed by atoms with Crippen LogP contribution in [0, 0.1) is 0 Å². The average molecular weight is 239 g/mol. The molecule has 2 rings (SSSR count). The van der Waals surface area contributed by atoms with Crippen LogP contribution in [-0.4, -0.2) is 4.98 Å². The van der Waals surface area contributed by atoms with Gasteiger partial charge in [0.2, 0.25) is 0 Å². The van der Waals surface area contributed by atoms with Crippen LogP contribution in [0.2, 0.25) is 10.0 Å². The van der Waals surface area contributed by atoms with Crippen LogP contribution in [0.3, 0.4) is 0 Å². The number of hydrogen-bond acceptors (Lipinski definition) is 2. The Kier molecular flexibility index (Phi) is 2.80. The first-order valence-electron chi connectivity index (χ1n) is 4.33. The van der Waals surface area contributed by atoms with Crippen molar-refractivity contribution in [3.8, 4) is 11.1 Å². The molecule has 1 aromatic heterocycles. The van der Waals surface area contributed by atoms with Gasteiger partial charge in [-0.15, -0.1) is 0 Å². The fourth-order valence-electron chi connectivity index (χ4n) is 1.38. The fraction of sp³-hybridized carbons (Fsp3) is 0. The minimum absolute atomic E-state index is 0.591. The second-order valence-electron chi connectivity index (χ2n) is 3.12. The zero-order valence-corrected chi connectivity index (χ0v) is 9.26. The van der Waals surface area contributed by atoms with Crippen LogP contribution in [0.5, 0.6) is 0 Å². The van der Waals surface area contributed by atoms with Crippen molar-refractivity contribution in [2.24, 2.45) is 0 Å². The van der Waals surface area contributed by atoms with E-state index < -0.39 is 0 Å². The van der Waals surface area contributed by atoms with Crippen LogP contribution in [0.1, 0.15) is 0 Å². The Labute approximate surface area is 97.7 Å². The number of hydrogen-bond donors (Lipinski definition) is 1. The van der Waals surface area contributed by atoms with E-state index in [2.05, 4.69) is 4.98 Å². The fourth-order valence-corrected chi connectivity index (χ4v) is 1.90. The number of nitrogens with zero attached hydrogens (tertiary/aromatic N) is 1. The molecule has 1 aromatic carbocycles.